The van der Waals surface area contributed by atoms with Gasteiger partial charge in [0.25, 0.3) is 0 Å². The summed E-state index contributed by atoms with van der Waals surface area (Å²) >= 11 is 0. The lowest BCUT2D eigenvalue weighted by Crippen LogP contribution is -2.41. The molecule has 0 heterocycles. The maximum atomic E-state index is 6.27. The molecule has 0 bridgehead atoms. The maximum absolute atomic E-state index is 6.27. The van der Waals surface area contributed by atoms with E-state index < -0.39 is 0 Å². The molecule has 1 saturated carbocycles. The normalized spacial score (nSPS) is 27.1. The minimum absolute atomic E-state index is 0.351. The first-order valence-electron chi connectivity index (χ1n) is 7.21. The topological polar surface area (TPSA) is 38.5 Å². The Labute approximate surface area is 116 Å². The summed E-state index contributed by atoms with van der Waals surface area (Å²) in [5.41, 5.74) is 7.47. The van der Waals surface area contributed by atoms with Gasteiger partial charge in [-0.2, -0.15) is 0 Å². The molecule has 0 amide bonds. The molecule has 1 aromatic carbocycles. The lowest BCUT2D eigenvalue weighted by Gasteiger charge is -2.35. The molecule has 0 spiro atoms. The van der Waals surface area contributed by atoms with E-state index in [0.29, 0.717) is 12.0 Å². The Kier molecular flexibility index (Phi) is 4.70. The standard InChI is InChI=1S/C16H26N2O/c1-12-7-8-16(17)13(9-12)11-18(2)14-5-4-6-15(10-14)19-3/h4-6,10,12-13,16H,7-9,11,17H2,1-3H3. The smallest absolute Gasteiger partial charge is 0.120 e. The molecule has 3 unspecified atom stereocenters. The number of hydrogen-bond donors (Lipinski definition) is 1. The van der Waals surface area contributed by atoms with Crippen LogP contribution in [-0.2, 0) is 0 Å². The highest BCUT2D eigenvalue weighted by Gasteiger charge is 2.26. The van der Waals surface area contributed by atoms with E-state index in [2.05, 4.69) is 31.0 Å². The third kappa shape index (κ3) is 3.63. The molecule has 1 aromatic rings. The van der Waals surface area contributed by atoms with Crippen molar-refractivity contribution >= 4 is 5.69 Å². The van der Waals surface area contributed by atoms with E-state index in [9.17, 15) is 0 Å². The minimum Gasteiger partial charge on any atom is -0.497 e. The second-order valence-electron chi connectivity index (χ2n) is 5.92. The van der Waals surface area contributed by atoms with Crippen molar-refractivity contribution in [2.24, 2.45) is 17.6 Å². The lowest BCUT2D eigenvalue weighted by atomic mass is 9.79. The van der Waals surface area contributed by atoms with Gasteiger partial charge in [-0.15, -0.1) is 0 Å². The molecule has 3 atom stereocenters. The van der Waals surface area contributed by atoms with Crippen molar-refractivity contribution in [3.8, 4) is 5.75 Å². The second kappa shape index (κ2) is 6.29. The van der Waals surface area contributed by atoms with Gasteiger partial charge in [0.1, 0.15) is 5.75 Å². The number of ether oxygens (including phenoxy) is 1. The zero-order valence-electron chi connectivity index (χ0n) is 12.3. The van der Waals surface area contributed by atoms with Gasteiger partial charge in [-0.05, 0) is 43.2 Å². The Morgan fingerprint density at radius 1 is 1.37 bits per heavy atom. The number of rotatable bonds is 4. The molecule has 0 saturated heterocycles. The van der Waals surface area contributed by atoms with Crippen LogP contribution in [-0.4, -0.2) is 26.7 Å². The highest BCUT2D eigenvalue weighted by atomic mass is 16.5. The van der Waals surface area contributed by atoms with E-state index >= 15 is 0 Å². The fourth-order valence-corrected chi connectivity index (χ4v) is 3.04. The predicted molar refractivity (Wildman–Crippen MR) is 80.7 cm³/mol. The van der Waals surface area contributed by atoms with E-state index in [4.69, 9.17) is 10.5 Å². The molecule has 2 rings (SSSR count). The van der Waals surface area contributed by atoms with Crippen LogP contribution in [0.1, 0.15) is 26.2 Å². The molecule has 3 nitrogen and oxygen atoms in total. The molecule has 1 fully saturated rings. The molecule has 2 N–H and O–H groups in total. The zero-order valence-corrected chi connectivity index (χ0v) is 12.3. The number of hydrogen-bond acceptors (Lipinski definition) is 3. The summed E-state index contributed by atoms with van der Waals surface area (Å²) in [5, 5.41) is 0. The summed E-state index contributed by atoms with van der Waals surface area (Å²) in [6, 6.07) is 8.57. The summed E-state index contributed by atoms with van der Waals surface area (Å²) in [7, 11) is 3.85. The highest BCUT2D eigenvalue weighted by molar-refractivity contribution is 5.50. The first-order chi connectivity index (χ1) is 9.10. The monoisotopic (exact) mass is 262 g/mol. The fraction of sp³-hybridized carbons (Fsp3) is 0.625. The third-order valence-electron chi connectivity index (χ3n) is 4.31. The second-order valence-corrected chi connectivity index (χ2v) is 5.92. The molecule has 1 aliphatic carbocycles. The van der Waals surface area contributed by atoms with Gasteiger partial charge in [-0.3, -0.25) is 0 Å². The summed E-state index contributed by atoms with van der Waals surface area (Å²) in [5.74, 6) is 2.31. The average Bonchev–Trinajstić information content (AvgIpc) is 2.43. The molecule has 0 aliphatic heterocycles. The van der Waals surface area contributed by atoms with Crippen LogP contribution in [0.4, 0.5) is 5.69 Å². The summed E-state index contributed by atoms with van der Waals surface area (Å²) < 4.78 is 5.28. The van der Waals surface area contributed by atoms with Crippen molar-refractivity contribution < 1.29 is 4.74 Å². The van der Waals surface area contributed by atoms with Gasteiger partial charge in [0.15, 0.2) is 0 Å². The van der Waals surface area contributed by atoms with Crippen LogP contribution < -0.4 is 15.4 Å². The number of nitrogens with two attached hydrogens (primary N) is 1. The Morgan fingerprint density at radius 3 is 2.89 bits per heavy atom. The molecular weight excluding hydrogens is 236 g/mol. The van der Waals surface area contributed by atoms with Crippen LogP contribution >= 0.6 is 0 Å². The largest absolute Gasteiger partial charge is 0.497 e. The van der Waals surface area contributed by atoms with Crippen molar-refractivity contribution in [2.45, 2.75) is 32.2 Å². The van der Waals surface area contributed by atoms with Crippen molar-refractivity contribution in [2.75, 3.05) is 25.6 Å². The number of anilines is 1. The Balaban J connectivity index is 2.01. The number of nitrogens with zero attached hydrogens (tertiary/aromatic N) is 1. The van der Waals surface area contributed by atoms with E-state index in [0.717, 1.165) is 24.6 Å². The molecule has 0 aromatic heterocycles. The summed E-state index contributed by atoms with van der Waals surface area (Å²) in [4.78, 5) is 2.30. The van der Waals surface area contributed by atoms with Crippen LogP contribution in [0.5, 0.6) is 5.75 Å². The quantitative estimate of drug-likeness (QED) is 0.906. The van der Waals surface area contributed by atoms with Gasteiger partial charge in [0, 0.05) is 31.4 Å². The maximum Gasteiger partial charge on any atom is 0.120 e. The van der Waals surface area contributed by atoms with Crippen molar-refractivity contribution in [1.82, 2.24) is 0 Å². The van der Waals surface area contributed by atoms with Gasteiger partial charge >= 0.3 is 0 Å². The minimum atomic E-state index is 0.351. The lowest BCUT2D eigenvalue weighted by molar-refractivity contribution is 0.250. The fourth-order valence-electron chi connectivity index (χ4n) is 3.04. The molecule has 106 valence electrons. The van der Waals surface area contributed by atoms with Crippen LogP contribution in [0.15, 0.2) is 24.3 Å². The van der Waals surface area contributed by atoms with E-state index in [-0.39, 0.29) is 0 Å². The zero-order chi connectivity index (χ0) is 13.8. The third-order valence-corrected chi connectivity index (χ3v) is 4.31. The van der Waals surface area contributed by atoms with Gasteiger partial charge < -0.3 is 15.4 Å². The first kappa shape index (κ1) is 14.2. The van der Waals surface area contributed by atoms with Gasteiger partial charge in [-0.25, -0.2) is 0 Å². The average molecular weight is 262 g/mol. The van der Waals surface area contributed by atoms with E-state index in [1.165, 1.54) is 18.5 Å². The SMILES string of the molecule is COc1cccc(N(C)CC2CC(C)CCC2N)c1. The van der Waals surface area contributed by atoms with Crippen molar-refractivity contribution in [3.63, 3.8) is 0 Å². The molecule has 0 radical (unpaired) electrons. The molecule has 19 heavy (non-hydrogen) atoms. The summed E-state index contributed by atoms with van der Waals surface area (Å²) in [6.45, 7) is 3.36. The van der Waals surface area contributed by atoms with Gasteiger partial charge in [0.2, 0.25) is 0 Å². The van der Waals surface area contributed by atoms with E-state index in [1.54, 1.807) is 7.11 Å². The van der Waals surface area contributed by atoms with Crippen molar-refractivity contribution in [3.05, 3.63) is 24.3 Å². The van der Waals surface area contributed by atoms with Crippen LogP contribution in [0.25, 0.3) is 0 Å². The van der Waals surface area contributed by atoms with Crippen LogP contribution in [0.2, 0.25) is 0 Å². The number of methoxy groups -OCH3 is 1. The predicted octanol–water partition coefficient (Wildman–Crippen LogP) is 2.89. The summed E-state index contributed by atoms with van der Waals surface area (Å²) in [6.07, 6.45) is 3.69. The number of benzene rings is 1. The Bertz CT molecular complexity index is 407. The Morgan fingerprint density at radius 2 is 2.16 bits per heavy atom. The molecular formula is C16H26N2O. The van der Waals surface area contributed by atoms with Crippen LogP contribution in [0.3, 0.4) is 0 Å². The van der Waals surface area contributed by atoms with Gasteiger partial charge in [-0.1, -0.05) is 13.0 Å². The van der Waals surface area contributed by atoms with E-state index in [1.807, 2.05) is 12.1 Å². The Hall–Kier alpha value is -1.22. The van der Waals surface area contributed by atoms with Crippen LogP contribution in [0, 0.1) is 11.8 Å². The molecule has 1 aliphatic rings. The van der Waals surface area contributed by atoms with Gasteiger partial charge in [0.05, 0.1) is 7.11 Å². The molecule has 3 heteroatoms. The first-order valence-corrected chi connectivity index (χ1v) is 7.21. The highest BCUT2D eigenvalue weighted by Crippen LogP contribution is 2.30. The van der Waals surface area contributed by atoms with Crippen molar-refractivity contribution in [1.29, 1.82) is 0 Å².